The normalized spacial score (nSPS) is 12.6. The van der Waals surface area contributed by atoms with Gasteiger partial charge in [-0.3, -0.25) is 0 Å². The fraction of sp³-hybridized carbons (Fsp3) is 0.385. The summed E-state index contributed by atoms with van der Waals surface area (Å²) in [6.45, 7) is 5.39. The summed E-state index contributed by atoms with van der Waals surface area (Å²) in [6, 6.07) is 8.78. The molecule has 0 saturated carbocycles. The summed E-state index contributed by atoms with van der Waals surface area (Å²) < 4.78 is 5.17. The molecule has 0 radical (unpaired) electrons. The first-order chi connectivity index (χ1) is 8.29. The Kier molecular flexibility index (Phi) is 4.67. The van der Waals surface area contributed by atoms with Crippen LogP contribution in [0.1, 0.15) is 32.4 Å². The number of hydrogen-bond acceptors (Lipinski definition) is 3. The predicted octanol–water partition coefficient (Wildman–Crippen LogP) is 2.54. The second kappa shape index (κ2) is 5.82. The van der Waals surface area contributed by atoms with Gasteiger partial charge < -0.3 is 15.8 Å². The Morgan fingerprint density at radius 3 is 2.33 bits per heavy atom. The molecule has 1 aromatic carbocycles. The van der Waals surface area contributed by atoms with Gasteiger partial charge in [0, 0.05) is 0 Å². The van der Waals surface area contributed by atoms with Gasteiger partial charge in [0.1, 0.15) is 16.6 Å². The van der Waals surface area contributed by atoms with Gasteiger partial charge in [0.25, 0.3) is 0 Å². The first-order valence-electron chi connectivity index (χ1n) is 5.63. The van der Waals surface area contributed by atoms with E-state index in [1.807, 2.05) is 30.3 Å². The number of rotatable bonds is 3. The molecule has 0 heterocycles. The van der Waals surface area contributed by atoms with Crippen LogP contribution in [0.25, 0.3) is 0 Å². The summed E-state index contributed by atoms with van der Waals surface area (Å²) in [6.07, 6.45) is -0.538. The number of nitrogens with one attached hydrogen (secondary N) is 1. The van der Waals surface area contributed by atoms with Crippen molar-refractivity contribution in [1.82, 2.24) is 5.32 Å². The van der Waals surface area contributed by atoms with E-state index in [1.54, 1.807) is 20.8 Å². The first kappa shape index (κ1) is 14.4. The predicted molar refractivity (Wildman–Crippen MR) is 75.3 cm³/mol. The van der Waals surface area contributed by atoms with Crippen molar-refractivity contribution in [3.63, 3.8) is 0 Å². The third kappa shape index (κ3) is 4.71. The Balaban J connectivity index is 2.77. The summed E-state index contributed by atoms with van der Waals surface area (Å²) in [5.74, 6) is 0. The fourth-order valence-electron chi connectivity index (χ4n) is 1.39. The van der Waals surface area contributed by atoms with Gasteiger partial charge in [-0.15, -0.1) is 0 Å². The van der Waals surface area contributed by atoms with Crippen LogP contribution in [0.5, 0.6) is 0 Å². The minimum Gasteiger partial charge on any atom is -0.444 e. The molecule has 4 nitrogen and oxygen atoms in total. The lowest BCUT2D eigenvalue weighted by molar-refractivity contribution is 0.0518. The minimum atomic E-state index is -0.554. The van der Waals surface area contributed by atoms with Crippen molar-refractivity contribution < 1.29 is 9.53 Å². The molecule has 1 atom stereocenters. The van der Waals surface area contributed by atoms with Gasteiger partial charge in [-0.1, -0.05) is 42.5 Å². The molecule has 0 aliphatic heterocycles. The first-order valence-corrected chi connectivity index (χ1v) is 6.04. The molecule has 18 heavy (non-hydrogen) atoms. The number of carbonyl (C=O) groups excluding carboxylic acids is 1. The van der Waals surface area contributed by atoms with Crippen LogP contribution < -0.4 is 11.1 Å². The highest BCUT2D eigenvalue weighted by molar-refractivity contribution is 7.80. The highest BCUT2D eigenvalue weighted by Gasteiger charge is 2.21. The van der Waals surface area contributed by atoms with Gasteiger partial charge in [-0.25, -0.2) is 4.79 Å². The molecule has 0 aromatic heterocycles. The summed E-state index contributed by atoms with van der Waals surface area (Å²) in [7, 11) is 0. The Bertz CT molecular complexity index is 426. The number of carbonyl (C=O) groups is 1. The topological polar surface area (TPSA) is 64.3 Å². The van der Waals surface area contributed by atoms with Gasteiger partial charge in [0.2, 0.25) is 0 Å². The van der Waals surface area contributed by atoms with E-state index in [-0.39, 0.29) is 4.99 Å². The van der Waals surface area contributed by atoms with Gasteiger partial charge in [0.15, 0.2) is 0 Å². The lowest BCUT2D eigenvalue weighted by atomic mass is 10.1. The number of thiocarbonyl (C=S) groups is 1. The zero-order valence-corrected chi connectivity index (χ0v) is 11.6. The molecule has 98 valence electrons. The highest BCUT2D eigenvalue weighted by atomic mass is 32.1. The number of alkyl carbamates (subject to hydrolysis) is 1. The average molecular weight is 266 g/mol. The third-order valence-corrected chi connectivity index (χ3v) is 2.31. The molecule has 1 rings (SSSR count). The zero-order valence-electron chi connectivity index (χ0n) is 10.8. The maximum Gasteiger partial charge on any atom is 0.408 e. The number of ether oxygens (including phenoxy) is 1. The summed E-state index contributed by atoms with van der Waals surface area (Å²) >= 11 is 4.97. The SMILES string of the molecule is CC(C)(C)OC(=O)N[C@@H](C(N)=S)c1ccccc1. The number of nitrogens with two attached hydrogens (primary N) is 1. The molecule has 0 aliphatic carbocycles. The molecule has 0 aliphatic rings. The second-order valence-electron chi connectivity index (χ2n) is 4.89. The van der Waals surface area contributed by atoms with Crippen LogP contribution in [0.4, 0.5) is 4.79 Å². The third-order valence-electron chi connectivity index (χ3n) is 2.08. The maximum atomic E-state index is 11.7. The van der Waals surface area contributed by atoms with E-state index >= 15 is 0 Å². The highest BCUT2D eigenvalue weighted by Crippen LogP contribution is 2.14. The van der Waals surface area contributed by atoms with Gasteiger partial charge >= 0.3 is 6.09 Å². The molecule has 0 spiro atoms. The van der Waals surface area contributed by atoms with Crippen molar-refractivity contribution in [3.8, 4) is 0 Å². The molecular formula is C13H18N2O2S. The van der Waals surface area contributed by atoms with Crippen molar-refractivity contribution in [3.05, 3.63) is 35.9 Å². The number of benzene rings is 1. The van der Waals surface area contributed by atoms with Crippen LogP contribution in [0.15, 0.2) is 30.3 Å². The quantitative estimate of drug-likeness (QED) is 0.825. The molecule has 1 aromatic rings. The Hall–Kier alpha value is -1.62. The van der Waals surface area contributed by atoms with Crippen molar-refractivity contribution in [2.24, 2.45) is 5.73 Å². The van der Waals surface area contributed by atoms with Crippen LogP contribution in [0, 0.1) is 0 Å². The van der Waals surface area contributed by atoms with Crippen LogP contribution in [0.3, 0.4) is 0 Å². The smallest absolute Gasteiger partial charge is 0.408 e. The Morgan fingerprint density at radius 2 is 1.89 bits per heavy atom. The van der Waals surface area contributed by atoms with Crippen molar-refractivity contribution in [2.75, 3.05) is 0 Å². The molecule has 5 heteroatoms. The fourth-order valence-corrected chi connectivity index (χ4v) is 1.58. The van der Waals surface area contributed by atoms with E-state index in [0.29, 0.717) is 0 Å². The molecule has 3 N–H and O–H groups in total. The van der Waals surface area contributed by atoms with Gasteiger partial charge in [0.05, 0.1) is 0 Å². The van der Waals surface area contributed by atoms with Crippen LogP contribution in [-0.2, 0) is 4.74 Å². The number of hydrogen-bond donors (Lipinski definition) is 2. The van der Waals surface area contributed by atoms with E-state index in [9.17, 15) is 4.79 Å². The summed E-state index contributed by atoms with van der Waals surface area (Å²) in [4.78, 5) is 11.9. The summed E-state index contributed by atoms with van der Waals surface area (Å²) in [5.41, 5.74) is 5.92. The zero-order chi connectivity index (χ0) is 13.8. The van der Waals surface area contributed by atoms with Crippen molar-refractivity contribution >= 4 is 23.3 Å². The lowest BCUT2D eigenvalue weighted by Gasteiger charge is -2.23. The molecule has 1 amide bonds. The van der Waals surface area contributed by atoms with Crippen molar-refractivity contribution in [1.29, 1.82) is 0 Å². The average Bonchev–Trinajstić information content (AvgIpc) is 2.24. The Labute approximate surface area is 113 Å². The molecule has 0 unspecified atom stereocenters. The van der Waals surface area contributed by atoms with Crippen molar-refractivity contribution in [2.45, 2.75) is 32.4 Å². The van der Waals surface area contributed by atoms with E-state index in [1.165, 1.54) is 0 Å². The maximum absolute atomic E-state index is 11.7. The summed E-state index contributed by atoms with van der Waals surface area (Å²) in [5, 5.41) is 2.66. The van der Waals surface area contributed by atoms with E-state index < -0.39 is 17.7 Å². The van der Waals surface area contributed by atoms with E-state index in [2.05, 4.69) is 5.32 Å². The molecular weight excluding hydrogens is 248 g/mol. The molecule has 0 saturated heterocycles. The lowest BCUT2D eigenvalue weighted by Crippen LogP contribution is -2.39. The van der Waals surface area contributed by atoms with Crippen LogP contribution in [0.2, 0.25) is 0 Å². The van der Waals surface area contributed by atoms with E-state index in [4.69, 9.17) is 22.7 Å². The van der Waals surface area contributed by atoms with Crippen LogP contribution in [-0.4, -0.2) is 16.7 Å². The molecule has 0 fully saturated rings. The second-order valence-corrected chi connectivity index (χ2v) is 5.36. The van der Waals surface area contributed by atoms with Gasteiger partial charge in [-0.2, -0.15) is 0 Å². The molecule has 0 bridgehead atoms. The minimum absolute atomic E-state index is 0.201. The Morgan fingerprint density at radius 1 is 1.33 bits per heavy atom. The van der Waals surface area contributed by atoms with Gasteiger partial charge in [-0.05, 0) is 26.3 Å². The largest absolute Gasteiger partial charge is 0.444 e. The standard InChI is InChI=1S/C13H18N2O2S/c1-13(2,3)17-12(16)15-10(11(14)18)9-7-5-4-6-8-9/h4-8,10H,1-3H3,(H2,14,18)(H,15,16)/t10-/m1/s1. The number of amides is 1. The monoisotopic (exact) mass is 266 g/mol. The van der Waals surface area contributed by atoms with E-state index in [0.717, 1.165) is 5.56 Å². The van der Waals surface area contributed by atoms with Crippen LogP contribution >= 0.6 is 12.2 Å².